The number of non-ortho nitro benzene ring substituents is 1. The van der Waals surface area contributed by atoms with Crippen molar-refractivity contribution >= 4 is 45.8 Å². The van der Waals surface area contributed by atoms with E-state index in [1.54, 1.807) is 4.90 Å². The van der Waals surface area contributed by atoms with Gasteiger partial charge in [-0.1, -0.05) is 24.6 Å². The molecule has 1 aliphatic heterocycles. The molecule has 0 radical (unpaired) electrons. The number of benzene rings is 2. The number of nitro benzene ring substituents is 1. The first-order chi connectivity index (χ1) is 16.4. The van der Waals surface area contributed by atoms with Crippen LogP contribution in [0.2, 0.25) is 0 Å². The molecule has 2 aromatic rings. The molecular formula is C23H23FN4O5S. The lowest BCUT2D eigenvalue weighted by molar-refractivity contribution is -0.384. The number of amides is 2. The highest BCUT2D eigenvalue weighted by atomic mass is 32.2. The number of rotatable bonds is 7. The summed E-state index contributed by atoms with van der Waals surface area (Å²) in [6.45, 7) is 0. The molecule has 0 aromatic heterocycles. The number of aliphatic imine (C=N–C) groups is 1. The fourth-order valence-corrected chi connectivity index (χ4v) is 5.31. The van der Waals surface area contributed by atoms with Crippen LogP contribution in [-0.4, -0.2) is 45.2 Å². The zero-order valence-corrected chi connectivity index (χ0v) is 19.2. The first-order valence-electron chi connectivity index (χ1n) is 10.8. The van der Waals surface area contributed by atoms with Crippen molar-refractivity contribution in [2.75, 3.05) is 12.4 Å². The molecule has 34 heavy (non-hydrogen) atoms. The van der Waals surface area contributed by atoms with Crippen molar-refractivity contribution in [2.45, 2.75) is 43.4 Å². The normalized spacial score (nSPS) is 19.6. The van der Waals surface area contributed by atoms with E-state index in [2.05, 4.69) is 10.3 Å². The van der Waals surface area contributed by atoms with Crippen LogP contribution in [0.15, 0.2) is 47.5 Å². The third-order valence-electron chi connectivity index (χ3n) is 5.75. The first kappa shape index (κ1) is 23.7. The van der Waals surface area contributed by atoms with Gasteiger partial charge in [-0.15, -0.1) is 0 Å². The number of hydrogen-bond donors (Lipinski definition) is 1. The summed E-state index contributed by atoms with van der Waals surface area (Å²) in [6.07, 6.45) is 3.61. The monoisotopic (exact) mass is 486 g/mol. The molecule has 2 fully saturated rings. The smallest absolute Gasteiger partial charge is 0.271 e. The quantitative estimate of drug-likeness (QED) is 0.450. The van der Waals surface area contributed by atoms with E-state index in [1.807, 2.05) is 0 Å². The van der Waals surface area contributed by atoms with E-state index < -0.39 is 16.1 Å². The molecule has 1 atom stereocenters. The molecule has 2 amide bonds. The van der Waals surface area contributed by atoms with E-state index in [4.69, 9.17) is 4.74 Å². The van der Waals surface area contributed by atoms with Gasteiger partial charge in [0.05, 0.1) is 23.4 Å². The molecule has 1 saturated carbocycles. The number of carbonyl (C=O) groups excluding carboxylic acids is 2. The largest absolute Gasteiger partial charge is 0.495 e. The highest BCUT2D eigenvalue weighted by molar-refractivity contribution is 8.15. The fraction of sp³-hybridized carbons (Fsp3) is 0.348. The molecule has 4 rings (SSSR count). The van der Waals surface area contributed by atoms with Gasteiger partial charge in [-0.2, -0.15) is 0 Å². The third kappa shape index (κ3) is 5.19. The van der Waals surface area contributed by atoms with E-state index in [0.29, 0.717) is 10.9 Å². The van der Waals surface area contributed by atoms with Crippen LogP contribution < -0.4 is 10.1 Å². The Hall–Kier alpha value is -3.47. The molecule has 0 unspecified atom stereocenters. The standard InChI is InChI=1S/C23H23FN4O5S/c1-33-19-11-10-17(28(31)32)12-18(19)26-21(29)13-20-22(30)27(16-4-2-3-5-16)23(34-20)25-15-8-6-14(24)7-9-15/h6-12,16,20H,2-5,13H2,1H3,(H,26,29)/t20-/m0/s1. The number of halogens is 1. The van der Waals surface area contributed by atoms with E-state index in [-0.39, 0.29) is 41.3 Å². The van der Waals surface area contributed by atoms with Gasteiger partial charge < -0.3 is 10.1 Å². The van der Waals surface area contributed by atoms with Crippen molar-refractivity contribution in [3.8, 4) is 5.75 Å². The van der Waals surface area contributed by atoms with Crippen LogP contribution in [0.1, 0.15) is 32.1 Å². The minimum atomic E-state index is -0.690. The van der Waals surface area contributed by atoms with Gasteiger partial charge in [0, 0.05) is 24.6 Å². The van der Waals surface area contributed by atoms with Crippen LogP contribution in [0.3, 0.4) is 0 Å². The molecule has 0 bridgehead atoms. The Bertz CT molecular complexity index is 1130. The lowest BCUT2D eigenvalue weighted by Gasteiger charge is -2.23. The summed E-state index contributed by atoms with van der Waals surface area (Å²) < 4.78 is 18.5. The Labute approximate surface area is 199 Å². The molecular weight excluding hydrogens is 463 g/mol. The van der Waals surface area contributed by atoms with Gasteiger partial charge >= 0.3 is 0 Å². The molecule has 9 nitrogen and oxygen atoms in total. The summed E-state index contributed by atoms with van der Waals surface area (Å²) in [7, 11) is 1.39. The van der Waals surface area contributed by atoms with Crippen LogP contribution >= 0.6 is 11.8 Å². The number of carbonyl (C=O) groups is 2. The van der Waals surface area contributed by atoms with Crippen LogP contribution in [0.5, 0.6) is 5.75 Å². The predicted molar refractivity (Wildman–Crippen MR) is 127 cm³/mol. The summed E-state index contributed by atoms with van der Waals surface area (Å²) in [5, 5.41) is 13.5. The summed E-state index contributed by atoms with van der Waals surface area (Å²) in [4.78, 5) is 42.8. The molecule has 178 valence electrons. The van der Waals surface area contributed by atoms with E-state index in [0.717, 1.165) is 25.7 Å². The molecule has 1 heterocycles. The molecule has 0 spiro atoms. The van der Waals surface area contributed by atoms with Crippen molar-refractivity contribution in [1.29, 1.82) is 0 Å². The Morgan fingerprint density at radius 2 is 1.97 bits per heavy atom. The average molecular weight is 487 g/mol. The number of nitrogens with zero attached hydrogens (tertiary/aromatic N) is 3. The van der Waals surface area contributed by atoms with Crippen molar-refractivity contribution in [3.63, 3.8) is 0 Å². The summed E-state index contributed by atoms with van der Waals surface area (Å²) >= 11 is 1.20. The van der Waals surface area contributed by atoms with Gasteiger partial charge in [0.25, 0.3) is 5.69 Å². The van der Waals surface area contributed by atoms with E-state index in [1.165, 1.54) is 61.3 Å². The Kier molecular flexibility index (Phi) is 7.11. The summed E-state index contributed by atoms with van der Waals surface area (Å²) in [5.74, 6) is -0.772. The second-order valence-corrected chi connectivity index (χ2v) is 9.19. The highest BCUT2D eigenvalue weighted by Crippen LogP contribution is 2.37. The minimum Gasteiger partial charge on any atom is -0.495 e. The topological polar surface area (TPSA) is 114 Å². The lowest BCUT2D eigenvalue weighted by atomic mass is 10.2. The molecule has 1 saturated heterocycles. The maximum atomic E-state index is 13.3. The molecule has 1 aliphatic carbocycles. The average Bonchev–Trinajstić information content (AvgIpc) is 3.43. The van der Waals surface area contributed by atoms with Crippen LogP contribution in [0.4, 0.5) is 21.5 Å². The Morgan fingerprint density at radius 1 is 1.26 bits per heavy atom. The van der Waals surface area contributed by atoms with Gasteiger partial charge in [-0.25, -0.2) is 9.38 Å². The molecule has 2 aromatic carbocycles. The number of amidine groups is 1. The molecule has 2 aliphatic rings. The minimum absolute atomic E-state index is 0.0177. The van der Waals surface area contributed by atoms with Gasteiger partial charge in [-0.05, 0) is 43.2 Å². The number of nitrogens with one attached hydrogen (secondary N) is 1. The number of hydrogen-bond acceptors (Lipinski definition) is 7. The lowest BCUT2D eigenvalue weighted by Crippen LogP contribution is -2.40. The zero-order valence-electron chi connectivity index (χ0n) is 18.4. The van der Waals surface area contributed by atoms with Crippen molar-refractivity contribution in [2.24, 2.45) is 4.99 Å². The van der Waals surface area contributed by atoms with Crippen LogP contribution in [0.25, 0.3) is 0 Å². The summed E-state index contributed by atoms with van der Waals surface area (Å²) in [6, 6.07) is 9.59. The fourth-order valence-electron chi connectivity index (χ4n) is 4.09. The maximum Gasteiger partial charge on any atom is 0.271 e. The van der Waals surface area contributed by atoms with E-state index in [9.17, 15) is 24.1 Å². The predicted octanol–water partition coefficient (Wildman–Crippen LogP) is 4.65. The third-order valence-corrected chi connectivity index (χ3v) is 6.90. The van der Waals surface area contributed by atoms with Crippen LogP contribution in [-0.2, 0) is 9.59 Å². The summed E-state index contributed by atoms with van der Waals surface area (Å²) in [5.41, 5.74) is 0.486. The Morgan fingerprint density at radius 3 is 2.62 bits per heavy atom. The number of ether oxygens (including phenoxy) is 1. The van der Waals surface area contributed by atoms with Gasteiger partial charge in [0.15, 0.2) is 5.17 Å². The van der Waals surface area contributed by atoms with Gasteiger partial charge in [-0.3, -0.25) is 24.6 Å². The van der Waals surface area contributed by atoms with Crippen LogP contribution in [0, 0.1) is 15.9 Å². The van der Waals surface area contributed by atoms with Crippen molar-refractivity contribution in [3.05, 3.63) is 58.4 Å². The second-order valence-electron chi connectivity index (χ2n) is 8.02. The second kappa shape index (κ2) is 10.2. The number of thioether (sulfide) groups is 1. The first-order valence-corrected chi connectivity index (χ1v) is 11.7. The SMILES string of the molecule is COc1ccc([N+](=O)[O-])cc1NC(=O)C[C@@H]1SC(=Nc2ccc(F)cc2)N(C2CCCC2)C1=O. The zero-order chi connectivity index (χ0) is 24.2. The number of anilines is 1. The highest BCUT2D eigenvalue weighted by Gasteiger charge is 2.43. The van der Waals surface area contributed by atoms with Gasteiger partial charge in [0.2, 0.25) is 11.8 Å². The number of methoxy groups -OCH3 is 1. The molecule has 11 heteroatoms. The van der Waals surface area contributed by atoms with E-state index >= 15 is 0 Å². The number of nitro groups is 1. The molecule has 1 N–H and O–H groups in total. The van der Waals surface area contributed by atoms with Crippen molar-refractivity contribution in [1.82, 2.24) is 4.90 Å². The maximum absolute atomic E-state index is 13.3. The van der Waals surface area contributed by atoms with Crippen molar-refractivity contribution < 1.29 is 23.6 Å². The Balaban J connectivity index is 1.53. The van der Waals surface area contributed by atoms with Gasteiger partial charge in [0.1, 0.15) is 16.8 Å².